The van der Waals surface area contributed by atoms with Gasteiger partial charge in [0.2, 0.25) is 6.79 Å². The van der Waals surface area contributed by atoms with Gasteiger partial charge in [-0.25, -0.2) is 0 Å². The number of rotatable bonds is 4. The highest BCUT2D eigenvalue weighted by atomic mass is 35.5. The molecule has 1 aromatic carbocycles. The molecule has 0 spiro atoms. The minimum Gasteiger partial charge on any atom is -0.454 e. The third-order valence-electron chi connectivity index (χ3n) is 4.08. The van der Waals surface area contributed by atoms with Crippen molar-refractivity contribution in [3.63, 3.8) is 0 Å². The van der Waals surface area contributed by atoms with Crippen LogP contribution in [0.4, 0.5) is 0 Å². The van der Waals surface area contributed by atoms with E-state index in [1.165, 1.54) is 0 Å². The highest BCUT2D eigenvalue weighted by molar-refractivity contribution is 6.34. The van der Waals surface area contributed by atoms with Crippen molar-refractivity contribution in [1.29, 1.82) is 0 Å². The predicted octanol–water partition coefficient (Wildman–Crippen LogP) is 0.492. The molecular formula is C15H18ClN3O4. The Bertz CT molecular complexity index is 637. The number of likely N-dealkylation sites (tertiary alicyclic amines) is 1. The maximum Gasteiger partial charge on any atom is 0.309 e. The second kappa shape index (κ2) is 6.64. The Morgan fingerprint density at radius 2 is 2.09 bits per heavy atom. The third kappa shape index (κ3) is 3.68. The highest BCUT2D eigenvalue weighted by Gasteiger charge is 2.25. The van der Waals surface area contributed by atoms with Crippen LogP contribution in [0.3, 0.4) is 0 Å². The summed E-state index contributed by atoms with van der Waals surface area (Å²) in [4.78, 5) is 24.1. The second-order valence-electron chi connectivity index (χ2n) is 5.76. The van der Waals surface area contributed by atoms with Crippen molar-refractivity contribution < 1.29 is 19.1 Å². The largest absolute Gasteiger partial charge is 0.454 e. The van der Waals surface area contributed by atoms with Crippen molar-refractivity contribution in [2.45, 2.75) is 13.0 Å². The van der Waals surface area contributed by atoms with E-state index in [0.717, 1.165) is 25.1 Å². The summed E-state index contributed by atoms with van der Waals surface area (Å²) < 4.78 is 10.7. The average molecular weight is 340 g/mol. The van der Waals surface area contributed by atoms with Crippen molar-refractivity contribution >= 4 is 23.4 Å². The number of nitrogens with one attached hydrogen (secondary N) is 1. The molecule has 23 heavy (non-hydrogen) atoms. The van der Waals surface area contributed by atoms with Gasteiger partial charge in [-0.3, -0.25) is 14.5 Å². The van der Waals surface area contributed by atoms with Crippen LogP contribution in [0.5, 0.6) is 11.5 Å². The van der Waals surface area contributed by atoms with E-state index in [4.69, 9.17) is 26.8 Å². The second-order valence-corrected chi connectivity index (χ2v) is 6.17. The number of carbonyl (C=O) groups excluding carboxylic acids is 2. The molecule has 2 aliphatic rings. The predicted molar refractivity (Wildman–Crippen MR) is 83.2 cm³/mol. The molecule has 0 aliphatic carbocycles. The van der Waals surface area contributed by atoms with Crippen LogP contribution in [-0.2, 0) is 16.1 Å². The Morgan fingerprint density at radius 3 is 2.83 bits per heavy atom. The Labute approximate surface area is 138 Å². The first-order valence-corrected chi connectivity index (χ1v) is 7.78. The molecular weight excluding hydrogens is 322 g/mol. The number of primary amides is 1. The van der Waals surface area contributed by atoms with Crippen molar-refractivity contribution in [3.05, 3.63) is 22.7 Å². The summed E-state index contributed by atoms with van der Waals surface area (Å²) in [6.45, 7) is 3.11. The SMILES string of the molecule is NC(=O)C(=O)NC[C@H]1CCN(Cc2cc3c(cc2Cl)OCO3)C1. The fraction of sp³-hybridized carbons (Fsp3) is 0.467. The van der Waals surface area contributed by atoms with Crippen LogP contribution in [0.15, 0.2) is 12.1 Å². The Hall–Kier alpha value is -1.99. The number of ether oxygens (including phenoxy) is 2. The maximum atomic E-state index is 11.2. The normalized spacial score (nSPS) is 19.8. The van der Waals surface area contributed by atoms with E-state index in [1.807, 2.05) is 6.07 Å². The van der Waals surface area contributed by atoms with E-state index in [0.29, 0.717) is 35.5 Å². The lowest BCUT2D eigenvalue weighted by Gasteiger charge is -2.17. The van der Waals surface area contributed by atoms with Gasteiger partial charge in [-0.15, -0.1) is 0 Å². The molecule has 2 heterocycles. The van der Waals surface area contributed by atoms with Gasteiger partial charge >= 0.3 is 11.8 Å². The van der Waals surface area contributed by atoms with Gasteiger partial charge in [0.25, 0.3) is 0 Å². The minimum atomic E-state index is -0.952. The lowest BCUT2D eigenvalue weighted by Crippen LogP contribution is -2.39. The fourth-order valence-electron chi connectivity index (χ4n) is 2.87. The number of benzene rings is 1. The standard InChI is InChI=1S/C15H18ClN3O4/c16-11-4-13-12(22-8-23-13)3-10(11)7-19-2-1-9(6-19)5-18-15(21)14(17)20/h3-4,9H,1-2,5-8H2,(H2,17,20)(H,18,21)/t9-/m1/s1. The summed E-state index contributed by atoms with van der Waals surface area (Å²) in [5.74, 6) is 0.00132. The number of fused-ring (bicyclic) bond motifs is 1. The average Bonchev–Trinajstić information content (AvgIpc) is 3.14. The summed E-state index contributed by atoms with van der Waals surface area (Å²) in [6.07, 6.45) is 0.946. The summed E-state index contributed by atoms with van der Waals surface area (Å²) in [5.41, 5.74) is 5.90. The van der Waals surface area contributed by atoms with Gasteiger partial charge in [0.1, 0.15) is 0 Å². The molecule has 0 aromatic heterocycles. The molecule has 1 fully saturated rings. The summed E-state index contributed by atoms with van der Waals surface area (Å²) in [7, 11) is 0. The molecule has 1 aromatic rings. The van der Waals surface area contributed by atoms with Gasteiger partial charge in [-0.05, 0) is 30.5 Å². The molecule has 2 amide bonds. The number of halogens is 1. The molecule has 7 nitrogen and oxygen atoms in total. The molecule has 8 heteroatoms. The number of amides is 2. The van der Waals surface area contributed by atoms with Gasteiger partial charge < -0.3 is 20.5 Å². The van der Waals surface area contributed by atoms with Gasteiger partial charge in [-0.2, -0.15) is 0 Å². The zero-order valence-electron chi connectivity index (χ0n) is 12.5. The quantitative estimate of drug-likeness (QED) is 0.779. The van der Waals surface area contributed by atoms with Crippen LogP contribution in [0.1, 0.15) is 12.0 Å². The van der Waals surface area contributed by atoms with E-state index in [-0.39, 0.29) is 6.79 Å². The first-order valence-electron chi connectivity index (χ1n) is 7.41. The van der Waals surface area contributed by atoms with Crippen LogP contribution in [0.25, 0.3) is 0 Å². The fourth-order valence-corrected chi connectivity index (χ4v) is 3.08. The Kier molecular flexibility index (Phi) is 4.58. The van der Waals surface area contributed by atoms with Crippen molar-refractivity contribution in [2.24, 2.45) is 11.7 Å². The van der Waals surface area contributed by atoms with Crippen molar-refractivity contribution in [3.8, 4) is 11.5 Å². The lowest BCUT2D eigenvalue weighted by molar-refractivity contribution is -0.137. The van der Waals surface area contributed by atoms with E-state index < -0.39 is 11.8 Å². The highest BCUT2D eigenvalue weighted by Crippen LogP contribution is 2.37. The molecule has 0 radical (unpaired) electrons. The van der Waals surface area contributed by atoms with Crippen LogP contribution >= 0.6 is 11.6 Å². The molecule has 124 valence electrons. The van der Waals surface area contributed by atoms with E-state index >= 15 is 0 Å². The molecule has 1 saturated heterocycles. The zero-order valence-corrected chi connectivity index (χ0v) is 13.3. The van der Waals surface area contributed by atoms with Crippen molar-refractivity contribution in [1.82, 2.24) is 10.2 Å². The molecule has 2 aliphatic heterocycles. The van der Waals surface area contributed by atoms with E-state index in [2.05, 4.69) is 10.2 Å². The zero-order chi connectivity index (χ0) is 16.4. The number of nitrogens with two attached hydrogens (primary N) is 1. The Balaban J connectivity index is 1.54. The topological polar surface area (TPSA) is 93.9 Å². The van der Waals surface area contributed by atoms with Gasteiger partial charge in [-0.1, -0.05) is 11.6 Å². The monoisotopic (exact) mass is 339 g/mol. The van der Waals surface area contributed by atoms with Gasteiger partial charge in [0, 0.05) is 30.7 Å². The molecule has 0 bridgehead atoms. The summed E-state index contributed by atoms with van der Waals surface area (Å²) >= 11 is 6.29. The number of carbonyl (C=O) groups is 2. The third-order valence-corrected chi connectivity index (χ3v) is 4.43. The molecule has 0 saturated carbocycles. The minimum absolute atomic E-state index is 0.223. The van der Waals surface area contributed by atoms with Gasteiger partial charge in [0.15, 0.2) is 11.5 Å². The van der Waals surface area contributed by atoms with Crippen LogP contribution in [0, 0.1) is 5.92 Å². The lowest BCUT2D eigenvalue weighted by atomic mass is 10.1. The first kappa shape index (κ1) is 15.9. The number of hydrogen-bond acceptors (Lipinski definition) is 5. The summed E-state index contributed by atoms with van der Waals surface area (Å²) in [6, 6.07) is 3.69. The molecule has 3 rings (SSSR count). The Morgan fingerprint density at radius 1 is 1.35 bits per heavy atom. The van der Waals surface area contributed by atoms with Crippen LogP contribution in [-0.4, -0.2) is 43.1 Å². The molecule has 0 unspecified atom stereocenters. The van der Waals surface area contributed by atoms with E-state index in [9.17, 15) is 9.59 Å². The molecule has 1 atom stereocenters. The number of hydrogen-bond donors (Lipinski definition) is 2. The molecule has 3 N–H and O–H groups in total. The number of nitrogens with zero attached hydrogens (tertiary/aromatic N) is 1. The summed E-state index contributed by atoms with van der Waals surface area (Å²) in [5, 5.41) is 3.20. The van der Waals surface area contributed by atoms with E-state index in [1.54, 1.807) is 6.07 Å². The first-order chi connectivity index (χ1) is 11.0. The van der Waals surface area contributed by atoms with Crippen molar-refractivity contribution in [2.75, 3.05) is 26.4 Å². The maximum absolute atomic E-state index is 11.2. The van der Waals surface area contributed by atoms with Crippen LogP contribution < -0.4 is 20.5 Å². The van der Waals surface area contributed by atoms with Gasteiger partial charge in [0.05, 0.1) is 0 Å². The smallest absolute Gasteiger partial charge is 0.309 e. The van der Waals surface area contributed by atoms with Crippen LogP contribution in [0.2, 0.25) is 5.02 Å².